The van der Waals surface area contributed by atoms with Crippen molar-refractivity contribution in [3.63, 3.8) is 0 Å². The van der Waals surface area contributed by atoms with E-state index < -0.39 is 0 Å². The number of ketones is 1. The molecule has 3 heteroatoms. The molecule has 2 aliphatic rings. The van der Waals surface area contributed by atoms with E-state index in [-0.39, 0.29) is 11.8 Å². The van der Waals surface area contributed by atoms with Gasteiger partial charge in [0.15, 0.2) is 0 Å². The lowest BCUT2D eigenvalue weighted by Gasteiger charge is -2.40. The number of hydrogen-bond donors (Lipinski definition) is 2. The number of carbonyl (C=O) groups is 1. The van der Waals surface area contributed by atoms with E-state index in [2.05, 4.69) is 84.7 Å². The van der Waals surface area contributed by atoms with E-state index in [0.29, 0.717) is 29.5 Å². The minimum atomic E-state index is 0.117. The SMILES string of the molecule is CC1CCC(c2c[nH]c3ccccc23)C(C(=O)C2CC(C)CCC2c2c[nH]c3ccccc23)C1. The largest absolute Gasteiger partial charge is 0.361 e. The maximum absolute atomic E-state index is 14.5. The number of aromatic nitrogens is 2. The van der Waals surface area contributed by atoms with Crippen molar-refractivity contribution in [1.82, 2.24) is 9.97 Å². The Kier molecular flexibility index (Phi) is 5.59. The molecule has 0 bridgehead atoms. The van der Waals surface area contributed by atoms with Gasteiger partial charge in [0.25, 0.3) is 0 Å². The third kappa shape index (κ3) is 3.70. The van der Waals surface area contributed by atoms with Gasteiger partial charge in [0, 0.05) is 46.0 Å². The second-order valence-electron chi connectivity index (χ2n) is 11.2. The highest BCUT2D eigenvalue weighted by atomic mass is 16.1. The first-order valence-electron chi connectivity index (χ1n) is 13.3. The number of H-pyrrole nitrogens is 2. The number of Topliss-reactive ketones (excluding diaryl/α,β-unsaturated/α-hetero) is 1. The zero-order valence-electron chi connectivity index (χ0n) is 20.4. The first kappa shape index (κ1) is 21.7. The molecule has 2 saturated carbocycles. The molecular formula is C31H36N2O. The standard InChI is InChI=1S/C31H36N2O/c1-19-11-13-21(27-17-32-29-9-5-3-7-23(27)29)25(15-19)31(34)26-16-20(2)12-14-22(26)28-18-33-30-10-6-4-8-24(28)30/h3-10,17-22,25-26,32-33H,11-16H2,1-2H3. The van der Waals surface area contributed by atoms with Gasteiger partial charge in [0.2, 0.25) is 0 Å². The Morgan fingerprint density at radius 1 is 0.676 bits per heavy atom. The van der Waals surface area contributed by atoms with Crippen LogP contribution >= 0.6 is 0 Å². The predicted octanol–water partition coefficient (Wildman–Crippen LogP) is 7.96. The van der Waals surface area contributed by atoms with Crippen LogP contribution in [0.15, 0.2) is 60.9 Å². The van der Waals surface area contributed by atoms with Crippen molar-refractivity contribution in [2.75, 3.05) is 0 Å². The first-order valence-corrected chi connectivity index (χ1v) is 13.3. The van der Waals surface area contributed by atoms with Crippen LogP contribution in [0, 0.1) is 23.7 Å². The molecule has 2 heterocycles. The van der Waals surface area contributed by atoms with E-state index in [9.17, 15) is 4.79 Å². The molecule has 6 rings (SSSR count). The molecule has 3 nitrogen and oxygen atoms in total. The molecule has 0 saturated heterocycles. The number of nitrogens with one attached hydrogen (secondary N) is 2. The fourth-order valence-electron chi connectivity index (χ4n) is 7.21. The summed E-state index contributed by atoms with van der Waals surface area (Å²) in [6.07, 6.45) is 11.1. The van der Waals surface area contributed by atoms with Gasteiger partial charge in [0.05, 0.1) is 0 Å². The number of aromatic amines is 2. The Labute approximate surface area is 202 Å². The number of fused-ring (bicyclic) bond motifs is 2. The van der Waals surface area contributed by atoms with E-state index in [0.717, 1.165) is 25.7 Å². The van der Waals surface area contributed by atoms with Crippen LogP contribution in [0.25, 0.3) is 21.8 Å². The number of carbonyl (C=O) groups excluding carboxylic acids is 1. The van der Waals surface area contributed by atoms with Crippen LogP contribution in [0.1, 0.15) is 75.3 Å². The molecule has 0 amide bonds. The second kappa shape index (κ2) is 8.76. The highest BCUT2D eigenvalue weighted by molar-refractivity contribution is 5.90. The molecule has 0 aliphatic heterocycles. The fraction of sp³-hybridized carbons (Fsp3) is 0.452. The van der Waals surface area contributed by atoms with Gasteiger partial charge < -0.3 is 9.97 Å². The molecule has 2 aromatic heterocycles. The van der Waals surface area contributed by atoms with Crippen molar-refractivity contribution >= 4 is 27.6 Å². The normalized spacial score (nSPS) is 30.1. The van der Waals surface area contributed by atoms with Crippen molar-refractivity contribution in [2.24, 2.45) is 23.7 Å². The third-order valence-electron chi connectivity index (χ3n) is 9.00. The monoisotopic (exact) mass is 452 g/mol. The van der Waals surface area contributed by atoms with Crippen LogP contribution in [0.5, 0.6) is 0 Å². The minimum absolute atomic E-state index is 0.117. The highest BCUT2D eigenvalue weighted by Gasteiger charge is 2.43. The zero-order chi connectivity index (χ0) is 23.2. The molecule has 2 N–H and O–H groups in total. The lowest BCUT2D eigenvalue weighted by molar-refractivity contribution is -0.131. The molecular weight excluding hydrogens is 416 g/mol. The maximum atomic E-state index is 14.5. The van der Waals surface area contributed by atoms with Crippen LogP contribution in [-0.2, 0) is 4.79 Å². The minimum Gasteiger partial charge on any atom is -0.361 e. The second-order valence-corrected chi connectivity index (χ2v) is 11.2. The van der Waals surface area contributed by atoms with Crippen molar-refractivity contribution in [3.05, 3.63) is 72.1 Å². The topological polar surface area (TPSA) is 48.6 Å². The van der Waals surface area contributed by atoms with Gasteiger partial charge >= 0.3 is 0 Å². The molecule has 2 aliphatic carbocycles. The van der Waals surface area contributed by atoms with Crippen LogP contribution in [0.4, 0.5) is 0 Å². The van der Waals surface area contributed by atoms with Gasteiger partial charge in [-0.2, -0.15) is 0 Å². The van der Waals surface area contributed by atoms with Gasteiger partial charge in [-0.3, -0.25) is 4.79 Å². The third-order valence-corrected chi connectivity index (χ3v) is 9.00. The summed E-state index contributed by atoms with van der Waals surface area (Å²) in [6.45, 7) is 4.68. The smallest absolute Gasteiger partial charge is 0.140 e. The summed E-state index contributed by atoms with van der Waals surface area (Å²) in [5.41, 5.74) is 5.08. The van der Waals surface area contributed by atoms with Crippen LogP contribution in [-0.4, -0.2) is 15.8 Å². The zero-order valence-corrected chi connectivity index (χ0v) is 20.4. The number of benzene rings is 2. The van der Waals surface area contributed by atoms with E-state index in [1.54, 1.807) is 0 Å². The van der Waals surface area contributed by atoms with Crippen molar-refractivity contribution in [3.8, 4) is 0 Å². The maximum Gasteiger partial charge on any atom is 0.140 e. The highest BCUT2D eigenvalue weighted by Crippen LogP contribution is 2.49. The Morgan fingerprint density at radius 2 is 1.12 bits per heavy atom. The van der Waals surface area contributed by atoms with Crippen LogP contribution in [0.2, 0.25) is 0 Å². The molecule has 34 heavy (non-hydrogen) atoms. The Balaban J connectivity index is 1.38. The number of hydrogen-bond acceptors (Lipinski definition) is 1. The summed E-state index contributed by atoms with van der Waals surface area (Å²) in [7, 11) is 0. The van der Waals surface area contributed by atoms with E-state index in [1.807, 2.05) is 0 Å². The first-order chi connectivity index (χ1) is 16.6. The summed E-state index contributed by atoms with van der Waals surface area (Å²) in [5, 5.41) is 2.59. The predicted molar refractivity (Wildman–Crippen MR) is 140 cm³/mol. The van der Waals surface area contributed by atoms with E-state index >= 15 is 0 Å². The summed E-state index contributed by atoms with van der Waals surface area (Å²) in [5.74, 6) is 2.63. The number of rotatable bonds is 4. The molecule has 0 spiro atoms. The lowest BCUT2D eigenvalue weighted by Crippen LogP contribution is -2.38. The summed E-state index contributed by atoms with van der Waals surface area (Å²) < 4.78 is 0. The molecule has 6 atom stereocenters. The molecule has 4 aromatic rings. The average Bonchev–Trinajstić information content (AvgIpc) is 3.48. The summed E-state index contributed by atoms with van der Waals surface area (Å²) in [4.78, 5) is 21.5. The van der Waals surface area contributed by atoms with Crippen LogP contribution < -0.4 is 0 Å². The molecule has 0 radical (unpaired) electrons. The van der Waals surface area contributed by atoms with Crippen molar-refractivity contribution in [2.45, 2.75) is 64.2 Å². The van der Waals surface area contributed by atoms with Crippen molar-refractivity contribution < 1.29 is 4.79 Å². The quantitative estimate of drug-likeness (QED) is 0.324. The average molecular weight is 453 g/mol. The Bertz CT molecular complexity index is 1210. The lowest BCUT2D eigenvalue weighted by atomic mass is 9.62. The molecule has 2 aromatic carbocycles. The van der Waals surface area contributed by atoms with Crippen molar-refractivity contribution in [1.29, 1.82) is 0 Å². The van der Waals surface area contributed by atoms with Crippen LogP contribution in [0.3, 0.4) is 0 Å². The van der Waals surface area contributed by atoms with E-state index in [4.69, 9.17) is 0 Å². The summed E-state index contributed by atoms with van der Waals surface area (Å²) in [6, 6.07) is 17.2. The van der Waals surface area contributed by atoms with Gasteiger partial charge in [-0.25, -0.2) is 0 Å². The summed E-state index contributed by atoms with van der Waals surface area (Å²) >= 11 is 0. The Morgan fingerprint density at radius 3 is 1.59 bits per heavy atom. The van der Waals surface area contributed by atoms with Gasteiger partial charge in [-0.05, 0) is 72.6 Å². The van der Waals surface area contributed by atoms with E-state index in [1.165, 1.54) is 45.8 Å². The van der Waals surface area contributed by atoms with Gasteiger partial charge in [-0.1, -0.05) is 63.1 Å². The fourth-order valence-corrected chi connectivity index (χ4v) is 7.21. The number of para-hydroxylation sites is 2. The van der Waals surface area contributed by atoms with Gasteiger partial charge in [0.1, 0.15) is 5.78 Å². The molecule has 176 valence electrons. The molecule has 6 unspecified atom stereocenters. The Hall–Kier alpha value is -2.81. The van der Waals surface area contributed by atoms with Gasteiger partial charge in [-0.15, -0.1) is 0 Å². The molecule has 2 fully saturated rings.